The highest BCUT2D eigenvalue weighted by atomic mass is 35.5. The van der Waals surface area contributed by atoms with Crippen LogP contribution in [0.1, 0.15) is 34.6 Å². The van der Waals surface area contributed by atoms with Gasteiger partial charge in [0.1, 0.15) is 11.9 Å². The van der Waals surface area contributed by atoms with Gasteiger partial charge in [-0.1, -0.05) is 29.8 Å². The Morgan fingerprint density at radius 3 is 2.90 bits per heavy atom. The number of hydrogen-bond acceptors (Lipinski definition) is 4. The lowest BCUT2D eigenvalue weighted by atomic mass is 10.1. The summed E-state index contributed by atoms with van der Waals surface area (Å²) in [6.07, 6.45) is 2.64. The van der Waals surface area contributed by atoms with Crippen LogP contribution in [0, 0.1) is 0 Å². The van der Waals surface area contributed by atoms with Gasteiger partial charge in [-0.25, -0.2) is 14.8 Å². The molecule has 0 saturated carbocycles. The Labute approximate surface area is 121 Å². The van der Waals surface area contributed by atoms with E-state index in [-0.39, 0.29) is 11.6 Å². The van der Waals surface area contributed by atoms with Crippen molar-refractivity contribution in [2.45, 2.75) is 19.5 Å². The highest BCUT2D eigenvalue weighted by molar-refractivity contribution is 6.31. The molecule has 0 aliphatic carbocycles. The molecule has 1 heterocycles. The smallest absolute Gasteiger partial charge is 0.339 e. The van der Waals surface area contributed by atoms with Crippen LogP contribution in [0.15, 0.2) is 36.8 Å². The molecule has 1 aromatic heterocycles. The summed E-state index contributed by atoms with van der Waals surface area (Å²) in [5.41, 5.74) is 1.51. The highest BCUT2D eigenvalue weighted by Gasteiger charge is 2.13. The van der Waals surface area contributed by atoms with Crippen molar-refractivity contribution in [1.82, 2.24) is 15.3 Å². The number of carboxylic acid groups (broad SMARTS) is 1. The monoisotopic (exact) mass is 291 g/mol. The van der Waals surface area contributed by atoms with Crippen LogP contribution in [-0.4, -0.2) is 21.0 Å². The van der Waals surface area contributed by atoms with Gasteiger partial charge in [-0.15, -0.1) is 0 Å². The highest BCUT2D eigenvalue weighted by Crippen LogP contribution is 2.22. The molecule has 6 heteroatoms. The van der Waals surface area contributed by atoms with Crippen molar-refractivity contribution >= 4 is 17.6 Å². The Kier molecular flexibility index (Phi) is 4.65. The lowest BCUT2D eigenvalue weighted by Crippen LogP contribution is -2.21. The SMILES string of the molecule is CC(NCc1ncncc1C(=O)O)c1ccccc1Cl. The van der Waals surface area contributed by atoms with Gasteiger partial charge in [0.15, 0.2) is 0 Å². The van der Waals surface area contributed by atoms with Crippen LogP contribution in [0.4, 0.5) is 0 Å². The van der Waals surface area contributed by atoms with Crippen molar-refractivity contribution < 1.29 is 9.90 Å². The Morgan fingerprint density at radius 1 is 1.45 bits per heavy atom. The van der Waals surface area contributed by atoms with E-state index in [2.05, 4.69) is 15.3 Å². The van der Waals surface area contributed by atoms with Gasteiger partial charge in [-0.2, -0.15) is 0 Å². The van der Waals surface area contributed by atoms with Crippen molar-refractivity contribution in [3.63, 3.8) is 0 Å². The molecular weight excluding hydrogens is 278 g/mol. The molecule has 1 atom stereocenters. The van der Waals surface area contributed by atoms with E-state index in [4.69, 9.17) is 16.7 Å². The first-order valence-corrected chi connectivity index (χ1v) is 6.47. The van der Waals surface area contributed by atoms with E-state index < -0.39 is 5.97 Å². The summed E-state index contributed by atoms with van der Waals surface area (Å²) in [5, 5.41) is 13.0. The van der Waals surface area contributed by atoms with Crippen LogP contribution in [-0.2, 0) is 6.54 Å². The van der Waals surface area contributed by atoms with Gasteiger partial charge in [-0.05, 0) is 18.6 Å². The van der Waals surface area contributed by atoms with E-state index in [0.29, 0.717) is 17.3 Å². The zero-order chi connectivity index (χ0) is 14.5. The molecule has 0 aliphatic heterocycles. The van der Waals surface area contributed by atoms with Crippen LogP contribution in [0.3, 0.4) is 0 Å². The van der Waals surface area contributed by atoms with Crippen LogP contribution in [0.25, 0.3) is 0 Å². The van der Waals surface area contributed by atoms with Gasteiger partial charge in [0, 0.05) is 23.8 Å². The molecule has 0 fully saturated rings. The number of aromatic carboxylic acids is 1. The summed E-state index contributed by atoms with van der Waals surface area (Å²) in [4.78, 5) is 18.8. The van der Waals surface area contributed by atoms with E-state index in [9.17, 15) is 4.79 Å². The standard InChI is InChI=1S/C14H14ClN3O2/c1-9(10-4-2-3-5-12(10)15)17-7-13-11(14(19)20)6-16-8-18-13/h2-6,8-9,17H,7H2,1H3,(H,19,20). The van der Waals surface area contributed by atoms with E-state index >= 15 is 0 Å². The molecule has 0 radical (unpaired) electrons. The van der Waals surface area contributed by atoms with Gasteiger partial charge >= 0.3 is 5.97 Å². The molecule has 0 spiro atoms. The fourth-order valence-electron chi connectivity index (χ4n) is 1.86. The lowest BCUT2D eigenvalue weighted by Gasteiger charge is -2.15. The third kappa shape index (κ3) is 3.31. The lowest BCUT2D eigenvalue weighted by molar-refractivity contribution is 0.0694. The number of rotatable bonds is 5. The van der Waals surface area contributed by atoms with Gasteiger partial charge in [-0.3, -0.25) is 0 Å². The van der Waals surface area contributed by atoms with Gasteiger partial charge in [0.25, 0.3) is 0 Å². The third-order valence-corrected chi connectivity index (χ3v) is 3.32. The van der Waals surface area contributed by atoms with E-state index in [0.717, 1.165) is 5.56 Å². The first kappa shape index (κ1) is 14.4. The number of carboxylic acids is 1. The molecule has 0 aliphatic rings. The van der Waals surface area contributed by atoms with Crippen molar-refractivity contribution in [1.29, 1.82) is 0 Å². The fraction of sp³-hybridized carbons (Fsp3) is 0.214. The molecule has 2 rings (SSSR count). The zero-order valence-electron chi connectivity index (χ0n) is 10.9. The molecule has 20 heavy (non-hydrogen) atoms. The Hall–Kier alpha value is -1.98. The fourth-order valence-corrected chi connectivity index (χ4v) is 2.16. The minimum Gasteiger partial charge on any atom is -0.478 e. The molecule has 2 aromatic rings. The largest absolute Gasteiger partial charge is 0.478 e. The van der Waals surface area contributed by atoms with Crippen LogP contribution in [0.5, 0.6) is 0 Å². The maximum absolute atomic E-state index is 11.1. The number of nitrogens with zero attached hydrogens (tertiary/aromatic N) is 2. The van der Waals surface area contributed by atoms with Gasteiger partial charge < -0.3 is 10.4 Å². The van der Waals surface area contributed by atoms with E-state index in [1.54, 1.807) is 0 Å². The van der Waals surface area contributed by atoms with E-state index in [1.165, 1.54) is 12.5 Å². The van der Waals surface area contributed by atoms with Crippen molar-refractivity contribution in [3.05, 3.63) is 58.6 Å². The maximum atomic E-state index is 11.1. The summed E-state index contributed by atoms with van der Waals surface area (Å²) in [5.74, 6) is -1.03. The third-order valence-electron chi connectivity index (χ3n) is 2.97. The maximum Gasteiger partial charge on any atom is 0.339 e. The predicted octanol–water partition coefficient (Wildman–Crippen LogP) is 2.68. The average Bonchev–Trinajstić information content (AvgIpc) is 2.45. The predicted molar refractivity (Wildman–Crippen MR) is 75.7 cm³/mol. The average molecular weight is 292 g/mol. The first-order valence-electron chi connectivity index (χ1n) is 6.09. The van der Waals surface area contributed by atoms with E-state index in [1.807, 2.05) is 31.2 Å². The molecule has 0 bridgehead atoms. The number of carbonyl (C=O) groups is 1. The number of nitrogens with one attached hydrogen (secondary N) is 1. The minimum absolute atomic E-state index is 0.0136. The summed E-state index contributed by atoms with van der Waals surface area (Å²) < 4.78 is 0. The molecule has 0 saturated heterocycles. The second-order valence-corrected chi connectivity index (χ2v) is 4.72. The summed E-state index contributed by atoms with van der Waals surface area (Å²) in [6.45, 7) is 2.29. The van der Waals surface area contributed by atoms with Crippen molar-refractivity contribution in [3.8, 4) is 0 Å². The summed E-state index contributed by atoms with van der Waals surface area (Å²) in [7, 11) is 0. The Bertz CT molecular complexity index is 619. The van der Waals surface area contributed by atoms with Crippen LogP contribution in [0.2, 0.25) is 5.02 Å². The molecule has 1 unspecified atom stereocenters. The molecule has 1 aromatic carbocycles. The zero-order valence-corrected chi connectivity index (χ0v) is 11.6. The van der Waals surface area contributed by atoms with Crippen LogP contribution < -0.4 is 5.32 Å². The quantitative estimate of drug-likeness (QED) is 0.886. The normalized spacial score (nSPS) is 12.1. The van der Waals surface area contributed by atoms with Crippen molar-refractivity contribution in [2.75, 3.05) is 0 Å². The molecule has 5 nitrogen and oxygen atoms in total. The topological polar surface area (TPSA) is 75.1 Å². The van der Waals surface area contributed by atoms with Crippen molar-refractivity contribution in [2.24, 2.45) is 0 Å². The summed E-state index contributed by atoms with van der Waals surface area (Å²) in [6, 6.07) is 7.51. The van der Waals surface area contributed by atoms with Gasteiger partial charge in [0.2, 0.25) is 0 Å². The number of hydrogen-bond donors (Lipinski definition) is 2. The van der Waals surface area contributed by atoms with Gasteiger partial charge in [0.05, 0.1) is 5.69 Å². The summed E-state index contributed by atoms with van der Waals surface area (Å²) >= 11 is 6.12. The van der Waals surface area contributed by atoms with Crippen LogP contribution >= 0.6 is 11.6 Å². The second-order valence-electron chi connectivity index (χ2n) is 4.31. The Balaban J connectivity index is 2.10. The molecule has 0 amide bonds. The number of halogens is 1. The molecule has 104 valence electrons. The molecular formula is C14H14ClN3O2. The number of aromatic nitrogens is 2. The molecule has 2 N–H and O–H groups in total. The second kappa shape index (κ2) is 6.45. The minimum atomic E-state index is -1.03. The number of benzene rings is 1. The first-order chi connectivity index (χ1) is 9.59. The Morgan fingerprint density at radius 2 is 2.20 bits per heavy atom.